The quantitative estimate of drug-likeness (QED) is 0.367. The average molecular weight is 559 g/mol. The van der Waals surface area contributed by atoms with E-state index in [4.69, 9.17) is 9.47 Å². The van der Waals surface area contributed by atoms with Gasteiger partial charge in [0.15, 0.2) is 0 Å². The molecule has 0 spiro atoms. The van der Waals surface area contributed by atoms with Gasteiger partial charge in [0.1, 0.15) is 0 Å². The molecule has 2 heterocycles. The van der Waals surface area contributed by atoms with E-state index in [-0.39, 0.29) is 24.8 Å². The summed E-state index contributed by atoms with van der Waals surface area (Å²) in [5.41, 5.74) is 4.86. The highest BCUT2D eigenvalue weighted by Crippen LogP contribution is 2.37. The third-order valence-corrected chi connectivity index (χ3v) is 7.41. The molecule has 2 fully saturated rings. The minimum atomic E-state index is -0.979. The number of carbonyl (C=O) groups excluding carboxylic acids is 2. The van der Waals surface area contributed by atoms with E-state index < -0.39 is 18.1 Å². The van der Waals surface area contributed by atoms with Crippen molar-refractivity contribution in [2.24, 2.45) is 5.92 Å². The van der Waals surface area contributed by atoms with Crippen LogP contribution in [-0.4, -0.2) is 66.4 Å². The summed E-state index contributed by atoms with van der Waals surface area (Å²) in [6.45, 7) is 2.90. The van der Waals surface area contributed by atoms with Gasteiger partial charge in [0.2, 0.25) is 5.91 Å². The average Bonchev–Trinajstić information content (AvgIpc) is 3.85. The van der Waals surface area contributed by atoms with Crippen LogP contribution in [0.3, 0.4) is 0 Å². The van der Waals surface area contributed by atoms with Crippen molar-refractivity contribution in [2.45, 2.75) is 31.8 Å². The second-order valence-corrected chi connectivity index (χ2v) is 10.3. The SMILES string of the molecule is COC(=O)Nc1cc(-c2cccc(CN(C(=O)C3CC3)C(CC(=O)O)c3cccnc3)c2)ccc1N1CCOCC1. The fourth-order valence-corrected chi connectivity index (χ4v) is 5.16. The normalized spacial score (nSPS) is 15.6. The topological polar surface area (TPSA) is 121 Å². The number of anilines is 2. The molecule has 2 aliphatic rings. The summed E-state index contributed by atoms with van der Waals surface area (Å²) in [6, 6.07) is 16.7. The van der Waals surface area contributed by atoms with Crippen LogP contribution >= 0.6 is 0 Å². The van der Waals surface area contributed by atoms with Gasteiger partial charge < -0.3 is 24.4 Å². The molecule has 2 N–H and O–H groups in total. The lowest BCUT2D eigenvalue weighted by atomic mass is 9.99. The highest BCUT2D eigenvalue weighted by atomic mass is 16.5. The lowest BCUT2D eigenvalue weighted by Gasteiger charge is -2.32. The summed E-state index contributed by atoms with van der Waals surface area (Å²) in [5, 5.41) is 12.5. The first kappa shape index (κ1) is 28.1. The van der Waals surface area contributed by atoms with Crippen molar-refractivity contribution in [2.75, 3.05) is 43.6 Å². The van der Waals surface area contributed by atoms with E-state index in [0.29, 0.717) is 37.6 Å². The van der Waals surface area contributed by atoms with Gasteiger partial charge in [0.25, 0.3) is 0 Å². The zero-order valence-corrected chi connectivity index (χ0v) is 23.0. The fraction of sp³-hybridized carbons (Fsp3) is 0.355. The first-order chi connectivity index (χ1) is 19.9. The van der Waals surface area contributed by atoms with Crippen LogP contribution in [0.4, 0.5) is 16.2 Å². The van der Waals surface area contributed by atoms with Crippen LogP contribution < -0.4 is 10.2 Å². The number of hydrogen-bond acceptors (Lipinski definition) is 7. The number of nitrogens with one attached hydrogen (secondary N) is 1. The van der Waals surface area contributed by atoms with Crippen molar-refractivity contribution >= 4 is 29.3 Å². The Balaban J connectivity index is 1.46. The van der Waals surface area contributed by atoms with E-state index in [9.17, 15) is 19.5 Å². The summed E-state index contributed by atoms with van der Waals surface area (Å²) < 4.78 is 10.3. The van der Waals surface area contributed by atoms with Crippen molar-refractivity contribution in [1.82, 2.24) is 9.88 Å². The molecule has 10 nitrogen and oxygen atoms in total. The number of nitrogens with zero attached hydrogens (tertiary/aromatic N) is 3. The molecular weight excluding hydrogens is 524 g/mol. The Morgan fingerprint density at radius 2 is 1.88 bits per heavy atom. The van der Waals surface area contributed by atoms with Gasteiger partial charge in [0, 0.05) is 37.9 Å². The maximum Gasteiger partial charge on any atom is 0.411 e. The van der Waals surface area contributed by atoms with Crippen molar-refractivity contribution in [3.05, 3.63) is 78.1 Å². The summed E-state index contributed by atoms with van der Waals surface area (Å²) >= 11 is 0. The number of aromatic nitrogens is 1. The molecule has 41 heavy (non-hydrogen) atoms. The highest BCUT2D eigenvalue weighted by molar-refractivity contribution is 5.91. The predicted octanol–water partition coefficient (Wildman–Crippen LogP) is 4.72. The van der Waals surface area contributed by atoms with Crippen molar-refractivity contribution in [3.8, 4) is 11.1 Å². The first-order valence-corrected chi connectivity index (χ1v) is 13.8. The third kappa shape index (κ3) is 7.01. The van der Waals surface area contributed by atoms with Crippen LogP contribution in [-0.2, 0) is 25.6 Å². The maximum atomic E-state index is 13.5. The fourth-order valence-electron chi connectivity index (χ4n) is 5.16. The van der Waals surface area contributed by atoms with E-state index >= 15 is 0 Å². The molecule has 1 aromatic heterocycles. The molecule has 1 saturated carbocycles. The summed E-state index contributed by atoms with van der Waals surface area (Å²) in [4.78, 5) is 45.5. The number of methoxy groups -OCH3 is 1. The number of benzene rings is 2. The smallest absolute Gasteiger partial charge is 0.411 e. The molecule has 1 unspecified atom stereocenters. The van der Waals surface area contributed by atoms with Crippen LogP contribution in [0.2, 0.25) is 0 Å². The van der Waals surface area contributed by atoms with Gasteiger partial charge in [0.05, 0.1) is 44.2 Å². The Morgan fingerprint density at radius 1 is 1.10 bits per heavy atom. The standard InChI is InChI=1S/C31H34N4O6/c1-40-31(39)33-26-17-24(9-10-27(26)34-12-14-41-15-13-34)23-5-2-4-21(16-23)20-35(30(38)22-7-8-22)28(18-29(36)37)25-6-3-11-32-19-25/h2-6,9-11,16-17,19,22,28H,7-8,12-15,18,20H2,1H3,(H,33,39)(H,36,37). The van der Waals surface area contributed by atoms with Crippen molar-refractivity contribution in [3.63, 3.8) is 0 Å². The molecule has 1 saturated heterocycles. The molecule has 3 aromatic rings. The van der Waals surface area contributed by atoms with Crippen molar-refractivity contribution in [1.29, 1.82) is 0 Å². The molecule has 2 amide bonds. The Hall–Kier alpha value is -4.44. The molecule has 1 aliphatic heterocycles. The van der Waals surface area contributed by atoms with E-state index in [1.807, 2.05) is 48.5 Å². The number of carboxylic acids is 1. The van der Waals surface area contributed by atoms with Gasteiger partial charge in [-0.3, -0.25) is 19.9 Å². The summed E-state index contributed by atoms with van der Waals surface area (Å²) in [5.74, 6) is -1.09. The number of ether oxygens (including phenoxy) is 2. The number of rotatable bonds is 10. The van der Waals surface area contributed by atoms with Crippen LogP contribution in [0.25, 0.3) is 11.1 Å². The van der Waals surface area contributed by atoms with Crippen LogP contribution in [0.5, 0.6) is 0 Å². The number of carbonyl (C=O) groups is 3. The second-order valence-electron chi connectivity index (χ2n) is 10.3. The Kier molecular flexibility index (Phi) is 8.79. The third-order valence-electron chi connectivity index (χ3n) is 7.41. The van der Waals surface area contributed by atoms with E-state index in [2.05, 4.69) is 15.2 Å². The molecule has 0 bridgehead atoms. The molecule has 2 aromatic carbocycles. The number of carboxylic acid groups (broad SMARTS) is 1. The molecular formula is C31H34N4O6. The molecule has 214 valence electrons. The van der Waals surface area contributed by atoms with Crippen LogP contribution in [0.15, 0.2) is 67.0 Å². The largest absolute Gasteiger partial charge is 0.481 e. The Bertz CT molecular complexity index is 1390. The maximum absolute atomic E-state index is 13.5. The molecule has 5 rings (SSSR count). The van der Waals surface area contributed by atoms with E-state index in [1.165, 1.54) is 7.11 Å². The van der Waals surface area contributed by atoms with Gasteiger partial charge in [-0.1, -0.05) is 30.3 Å². The minimum absolute atomic E-state index is 0.0371. The molecule has 1 aliphatic carbocycles. The van der Waals surface area contributed by atoms with E-state index in [0.717, 1.165) is 35.2 Å². The van der Waals surface area contributed by atoms with E-state index in [1.54, 1.807) is 23.4 Å². The number of pyridine rings is 1. The molecule has 10 heteroatoms. The summed E-state index contributed by atoms with van der Waals surface area (Å²) in [6.07, 6.45) is 4.12. The zero-order chi connectivity index (χ0) is 28.8. The van der Waals surface area contributed by atoms with Gasteiger partial charge >= 0.3 is 12.1 Å². The number of hydrogen-bond donors (Lipinski definition) is 2. The van der Waals surface area contributed by atoms with Crippen LogP contribution in [0, 0.1) is 5.92 Å². The van der Waals surface area contributed by atoms with Crippen LogP contribution in [0.1, 0.15) is 36.4 Å². The first-order valence-electron chi connectivity index (χ1n) is 13.8. The molecule has 1 atom stereocenters. The monoisotopic (exact) mass is 558 g/mol. The minimum Gasteiger partial charge on any atom is -0.481 e. The zero-order valence-electron chi connectivity index (χ0n) is 23.0. The lowest BCUT2D eigenvalue weighted by molar-refractivity contribution is -0.142. The van der Waals surface area contributed by atoms with Gasteiger partial charge in [-0.05, 0) is 59.4 Å². The Morgan fingerprint density at radius 3 is 2.56 bits per heavy atom. The lowest BCUT2D eigenvalue weighted by Crippen LogP contribution is -2.36. The Labute approximate surface area is 238 Å². The summed E-state index contributed by atoms with van der Waals surface area (Å²) in [7, 11) is 1.33. The molecule has 0 radical (unpaired) electrons. The van der Waals surface area contributed by atoms with Gasteiger partial charge in [-0.2, -0.15) is 0 Å². The highest BCUT2D eigenvalue weighted by Gasteiger charge is 2.37. The van der Waals surface area contributed by atoms with Gasteiger partial charge in [-0.15, -0.1) is 0 Å². The number of morpholine rings is 1. The van der Waals surface area contributed by atoms with Crippen molar-refractivity contribution < 1.29 is 29.0 Å². The predicted molar refractivity (Wildman–Crippen MR) is 153 cm³/mol. The van der Waals surface area contributed by atoms with Gasteiger partial charge in [-0.25, -0.2) is 4.79 Å². The number of aliphatic carboxylic acids is 1. The second kappa shape index (κ2) is 12.8. The number of amides is 2.